The van der Waals surface area contributed by atoms with Crippen LogP contribution < -0.4 is 10.6 Å². The Hall–Kier alpha value is -2.78. The second kappa shape index (κ2) is 10.9. The molecule has 1 aliphatic rings. The Kier molecular flexibility index (Phi) is 8.74. The highest BCUT2D eigenvalue weighted by Crippen LogP contribution is 2.26. The molecule has 9 nitrogen and oxygen atoms in total. The lowest BCUT2D eigenvalue weighted by Crippen LogP contribution is -2.53. The molecule has 1 fully saturated rings. The second-order valence-corrected chi connectivity index (χ2v) is 10.1. The van der Waals surface area contributed by atoms with Gasteiger partial charge in [0.1, 0.15) is 6.04 Å². The largest absolute Gasteiger partial charge is 0.396 e. The molecule has 9 heteroatoms. The number of aliphatic hydroxyl groups is 1. The standard InChI is InChI=1S/C24H35N3O6/c1-23(2,14-33-15-24(3,4)13-29)12-25-17-8-6-7-16(11-28)20(17)22(32)27(5)18-9-10-19(30)26-21(18)31/h6-8,11,18,25,29H,9-10,12-15H2,1-5H3,(H,26,30,31). The maximum atomic E-state index is 13.3. The number of rotatable bonds is 11. The minimum absolute atomic E-state index is 0.0241. The van der Waals surface area contributed by atoms with E-state index in [4.69, 9.17) is 4.74 Å². The molecule has 1 aromatic rings. The van der Waals surface area contributed by atoms with E-state index in [0.29, 0.717) is 31.7 Å². The van der Waals surface area contributed by atoms with Gasteiger partial charge in [-0.05, 0) is 12.5 Å². The monoisotopic (exact) mass is 461 g/mol. The third-order valence-corrected chi connectivity index (χ3v) is 5.61. The highest BCUT2D eigenvalue weighted by atomic mass is 16.5. The number of nitrogens with zero attached hydrogens (tertiary/aromatic N) is 1. The van der Waals surface area contributed by atoms with Crippen molar-refractivity contribution in [3.05, 3.63) is 29.3 Å². The number of ether oxygens (including phenoxy) is 1. The zero-order chi connectivity index (χ0) is 24.8. The first kappa shape index (κ1) is 26.5. The summed E-state index contributed by atoms with van der Waals surface area (Å²) < 4.78 is 5.80. The average Bonchev–Trinajstić information content (AvgIpc) is 2.76. The van der Waals surface area contributed by atoms with Crippen LogP contribution in [-0.2, 0) is 14.3 Å². The van der Waals surface area contributed by atoms with Gasteiger partial charge in [-0.25, -0.2) is 0 Å². The van der Waals surface area contributed by atoms with Crippen LogP contribution in [0.1, 0.15) is 61.3 Å². The van der Waals surface area contributed by atoms with Crippen LogP contribution in [0.2, 0.25) is 0 Å². The van der Waals surface area contributed by atoms with E-state index in [9.17, 15) is 24.3 Å². The predicted molar refractivity (Wildman–Crippen MR) is 124 cm³/mol. The van der Waals surface area contributed by atoms with Crippen molar-refractivity contribution in [1.82, 2.24) is 10.2 Å². The van der Waals surface area contributed by atoms with Crippen molar-refractivity contribution in [2.75, 3.05) is 38.7 Å². The normalized spacial score (nSPS) is 16.8. The number of aliphatic hydroxyl groups excluding tert-OH is 1. The number of nitrogens with one attached hydrogen (secondary N) is 2. The Labute approximate surface area is 194 Å². The van der Waals surface area contributed by atoms with E-state index in [1.807, 2.05) is 27.7 Å². The molecule has 1 heterocycles. The number of carbonyl (C=O) groups excluding carboxylic acids is 4. The van der Waals surface area contributed by atoms with E-state index in [1.165, 1.54) is 11.9 Å². The minimum Gasteiger partial charge on any atom is -0.396 e. The van der Waals surface area contributed by atoms with E-state index >= 15 is 0 Å². The van der Waals surface area contributed by atoms with Crippen LogP contribution in [0, 0.1) is 10.8 Å². The van der Waals surface area contributed by atoms with Crippen LogP contribution in [0.5, 0.6) is 0 Å². The van der Waals surface area contributed by atoms with Gasteiger partial charge in [0.05, 0.1) is 25.4 Å². The summed E-state index contributed by atoms with van der Waals surface area (Å²) in [6, 6.07) is 4.16. The van der Waals surface area contributed by atoms with E-state index in [2.05, 4.69) is 10.6 Å². The molecule has 0 aliphatic carbocycles. The molecule has 0 spiro atoms. The van der Waals surface area contributed by atoms with Gasteiger partial charge in [0, 0.05) is 42.1 Å². The predicted octanol–water partition coefficient (Wildman–Crippen LogP) is 1.85. The summed E-state index contributed by atoms with van der Waals surface area (Å²) >= 11 is 0. The number of imide groups is 1. The molecular weight excluding hydrogens is 426 g/mol. The Morgan fingerprint density at radius 2 is 1.91 bits per heavy atom. The van der Waals surface area contributed by atoms with Gasteiger partial charge in [0.25, 0.3) is 5.91 Å². The van der Waals surface area contributed by atoms with Gasteiger partial charge in [-0.15, -0.1) is 0 Å². The molecule has 1 unspecified atom stereocenters. The first-order chi connectivity index (χ1) is 15.4. The van der Waals surface area contributed by atoms with Crippen molar-refractivity contribution in [2.45, 2.75) is 46.6 Å². The quantitative estimate of drug-likeness (QED) is 0.339. The van der Waals surface area contributed by atoms with Gasteiger partial charge in [-0.1, -0.05) is 39.8 Å². The van der Waals surface area contributed by atoms with Crippen molar-refractivity contribution < 1.29 is 29.0 Å². The molecule has 1 saturated heterocycles. The fourth-order valence-electron chi connectivity index (χ4n) is 3.46. The number of benzene rings is 1. The second-order valence-electron chi connectivity index (χ2n) is 10.1. The number of amides is 3. The summed E-state index contributed by atoms with van der Waals surface area (Å²) in [7, 11) is 1.49. The molecule has 3 amide bonds. The summed E-state index contributed by atoms with van der Waals surface area (Å²) in [5, 5.41) is 14.9. The summed E-state index contributed by atoms with van der Waals surface area (Å²) in [4.78, 5) is 50.0. The van der Waals surface area contributed by atoms with Crippen molar-refractivity contribution in [2.24, 2.45) is 10.8 Å². The summed E-state index contributed by atoms with van der Waals surface area (Å²) in [5.41, 5.74) is 0.230. The number of likely N-dealkylation sites (N-methyl/N-ethyl adjacent to an activating group) is 1. The topological polar surface area (TPSA) is 125 Å². The van der Waals surface area contributed by atoms with E-state index < -0.39 is 17.9 Å². The summed E-state index contributed by atoms with van der Waals surface area (Å²) in [6.45, 7) is 9.16. The summed E-state index contributed by atoms with van der Waals surface area (Å²) in [6.07, 6.45) is 0.991. The van der Waals surface area contributed by atoms with Crippen molar-refractivity contribution in [1.29, 1.82) is 0 Å². The molecule has 0 saturated carbocycles. The van der Waals surface area contributed by atoms with Gasteiger partial charge in [0.2, 0.25) is 11.8 Å². The number of piperidine rings is 1. The molecule has 182 valence electrons. The Morgan fingerprint density at radius 3 is 2.52 bits per heavy atom. The molecule has 0 radical (unpaired) electrons. The first-order valence-electron chi connectivity index (χ1n) is 11.0. The van der Waals surface area contributed by atoms with Crippen molar-refractivity contribution >= 4 is 29.7 Å². The SMILES string of the molecule is CN(C(=O)c1c(C=O)cccc1NCC(C)(C)COCC(C)(C)CO)C1CCC(=O)NC1=O. The van der Waals surface area contributed by atoms with Crippen LogP contribution in [0.25, 0.3) is 0 Å². The maximum Gasteiger partial charge on any atom is 0.257 e. The Morgan fingerprint density at radius 1 is 1.24 bits per heavy atom. The van der Waals surface area contributed by atoms with Crippen LogP contribution in [0.4, 0.5) is 5.69 Å². The van der Waals surface area contributed by atoms with E-state index in [0.717, 1.165) is 0 Å². The lowest BCUT2D eigenvalue weighted by atomic mass is 9.93. The third-order valence-electron chi connectivity index (χ3n) is 5.61. The highest BCUT2D eigenvalue weighted by molar-refractivity contribution is 6.08. The fourth-order valence-corrected chi connectivity index (χ4v) is 3.46. The zero-order valence-corrected chi connectivity index (χ0v) is 20.1. The van der Waals surface area contributed by atoms with E-state index in [-0.39, 0.29) is 47.3 Å². The molecule has 2 rings (SSSR count). The molecule has 1 aromatic carbocycles. The number of hydrogen-bond donors (Lipinski definition) is 3. The maximum absolute atomic E-state index is 13.3. The fraction of sp³-hybridized carbons (Fsp3) is 0.583. The van der Waals surface area contributed by atoms with Crippen LogP contribution in [0.15, 0.2) is 18.2 Å². The Bertz CT molecular complexity index is 896. The zero-order valence-electron chi connectivity index (χ0n) is 20.1. The van der Waals surface area contributed by atoms with Crippen LogP contribution >= 0.6 is 0 Å². The molecular formula is C24H35N3O6. The van der Waals surface area contributed by atoms with Gasteiger partial charge >= 0.3 is 0 Å². The average molecular weight is 462 g/mol. The summed E-state index contributed by atoms with van der Waals surface area (Å²) in [5.74, 6) is -1.36. The molecule has 0 aromatic heterocycles. The van der Waals surface area contributed by atoms with E-state index in [1.54, 1.807) is 18.2 Å². The Balaban J connectivity index is 2.16. The smallest absolute Gasteiger partial charge is 0.257 e. The van der Waals surface area contributed by atoms with Gasteiger partial charge in [-0.3, -0.25) is 24.5 Å². The number of hydrogen-bond acceptors (Lipinski definition) is 7. The molecule has 3 N–H and O–H groups in total. The number of aldehydes is 1. The molecule has 33 heavy (non-hydrogen) atoms. The number of carbonyl (C=O) groups is 4. The van der Waals surface area contributed by atoms with Crippen LogP contribution in [-0.4, -0.2) is 73.5 Å². The molecule has 0 bridgehead atoms. The highest BCUT2D eigenvalue weighted by Gasteiger charge is 2.34. The van der Waals surface area contributed by atoms with Gasteiger partial charge < -0.3 is 20.1 Å². The van der Waals surface area contributed by atoms with Gasteiger partial charge in [-0.2, -0.15) is 0 Å². The van der Waals surface area contributed by atoms with Crippen molar-refractivity contribution in [3.63, 3.8) is 0 Å². The molecule has 1 atom stereocenters. The lowest BCUT2D eigenvalue weighted by molar-refractivity contribution is -0.136. The van der Waals surface area contributed by atoms with Crippen molar-refractivity contribution in [3.8, 4) is 0 Å². The van der Waals surface area contributed by atoms with Crippen LogP contribution in [0.3, 0.4) is 0 Å². The first-order valence-corrected chi connectivity index (χ1v) is 11.0. The third kappa shape index (κ3) is 7.10. The number of anilines is 1. The molecule has 1 aliphatic heterocycles. The minimum atomic E-state index is -0.789. The van der Waals surface area contributed by atoms with Gasteiger partial charge in [0.15, 0.2) is 6.29 Å². The lowest BCUT2D eigenvalue weighted by Gasteiger charge is -2.31.